The summed E-state index contributed by atoms with van der Waals surface area (Å²) in [5.74, 6) is -4.09. The number of carbonyl (C=O) groups is 2. The van der Waals surface area contributed by atoms with Crippen LogP contribution in [0.5, 0.6) is 0 Å². The van der Waals surface area contributed by atoms with Crippen molar-refractivity contribution in [1.29, 1.82) is 0 Å². The summed E-state index contributed by atoms with van der Waals surface area (Å²) in [6, 6.07) is 0. The molecule has 0 aromatic carbocycles. The number of hydrogen-bond acceptors (Lipinski definition) is 4. The number of aromatic nitrogens is 1. The number of amides is 2. The zero-order chi connectivity index (χ0) is 17.5. The number of rotatable bonds is 4. The van der Waals surface area contributed by atoms with Crippen LogP contribution in [0.3, 0.4) is 0 Å². The average molecular weight is 339 g/mol. The Balaban J connectivity index is 2.20. The predicted octanol–water partition coefficient (Wildman–Crippen LogP) is 1.61. The monoisotopic (exact) mass is 339 g/mol. The van der Waals surface area contributed by atoms with Crippen LogP contribution in [0.2, 0.25) is 0 Å². The lowest BCUT2D eigenvalue weighted by atomic mass is 9.74. The van der Waals surface area contributed by atoms with Gasteiger partial charge in [-0.25, -0.2) is 13.8 Å². The van der Waals surface area contributed by atoms with Crippen LogP contribution in [0.4, 0.5) is 14.6 Å². The van der Waals surface area contributed by atoms with E-state index in [1.165, 1.54) is 7.11 Å². The molecule has 1 aromatic heterocycles. The maximum absolute atomic E-state index is 14.6. The van der Waals surface area contributed by atoms with Gasteiger partial charge in [-0.15, -0.1) is 0 Å². The van der Waals surface area contributed by atoms with Gasteiger partial charge in [0.25, 0.3) is 5.91 Å². The van der Waals surface area contributed by atoms with Crippen LogP contribution >= 0.6 is 0 Å². The standard InChI is InChI=1S/C16H19F2N3O3/c1-24-16(9-5-3-2-4-6-9)12-13(18)10(17)7-20-14(12)21(15(16)23)8-11(19)22/h7,9H,2-6,8H2,1H3,(H2,19,22)/t16-/m0/s1. The Morgan fingerprint density at radius 2 is 2.08 bits per heavy atom. The minimum atomic E-state index is -1.66. The van der Waals surface area contributed by atoms with E-state index < -0.39 is 35.6 Å². The van der Waals surface area contributed by atoms with Gasteiger partial charge in [0.1, 0.15) is 12.4 Å². The predicted molar refractivity (Wildman–Crippen MR) is 81.0 cm³/mol. The van der Waals surface area contributed by atoms with Crippen LogP contribution in [-0.4, -0.2) is 30.5 Å². The lowest BCUT2D eigenvalue weighted by molar-refractivity contribution is -0.150. The van der Waals surface area contributed by atoms with Gasteiger partial charge in [0.15, 0.2) is 17.2 Å². The molecule has 3 rings (SSSR count). The number of halogens is 2. The second-order valence-electron chi connectivity index (χ2n) is 6.25. The topological polar surface area (TPSA) is 85.5 Å². The number of carbonyl (C=O) groups excluding carboxylic acids is 2. The number of nitrogens with zero attached hydrogens (tertiary/aromatic N) is 2. The molecule has 130 valence electrons. The van der Waals surface area contributed by atoms with Gasteiger partial charge in [-0.3, -0.25) is 14.5 Å². The van der Waals surface area contributed by atoms with Crippen LogP contribution in [0, 0.1) is 17.6 Å². The first kappa shape index (κ1) is 16.8. The van der Waals surface area contributed by atoms with Crippen molar-refractivity contribution in [3.63, 3.8) is 0 Å². The zero-order valence-electron chi connectivity index (χ0n) is 13.3. The Hall–Kier alpha value is -2.09. The van der Waals surface area contributed by atoms with Gasteiger partial charge in [0, 0.05) is 13.0 Å². The summed E-state index contributed by atoms with van der Waals surface area (Å²) < 4.78 is 34.0. The van der Waals surface area contributed by atoms with E-state index in [0.29, 0.717) is 19.0 Å². The molecule has 1 fully saturated rings. The average Bonchev–Trinajstić information content (AvgIpc) is 2.81. The molecule has 2 heterocycles. The lowest BCUT2D eigenvalue weighted by Gasteiger charge is -2.37. The van der Waals surface area contributed by atoms with Gasteiger partial charge in [0.05, 0.1) is 11.8 Å². The van der Waals surface area contributed by atoms with Crippen molar-refractivity contribution in [2.45, 2.75) is 37.7 Å². The SMILES string of the molecule is CO[C@]1(C2CCCCC2)C(=O)N(CC(N)=O)c2ncc(F)c(F)c21. The Kier molecular flexibility index (Phi) is 4.25. The highest BCUT2D eigenvalue weighted by Gasteiger charge is 2.59. The number of nitrogens with two attached hydrogens (primary N) is 1. The first-order valence-corrected chi connectivity index (χ1v) is 7.93. The number of methoxy groups -OCH3 is 1. The zero-order valence-corrected chi connectivity index (χ0v) is 13.3. The molecule has 2 N–H and O–H groups in total. The third-order valence-corrected chi connectivity index (χ3v) is 4.96. The molecule has 0 saturated heterocycles. The maximum Gasteiger partial charge on any atom is 0.266 e. The van der Waals surface area contributed by atoms with Crippen LogP contribution in [0.15, 0.2) is 6.20 Å². The molecule has 0 spiro atoms. The second kappa shape index (κ2) is 6.08. The largest absolute Gasteiger partial charge is 0.368 e. The molecule has 2 aliphatic rings. The molecule has 1 saturated carbocycles. The Morgan fingerprint density at radius 3 is 2.67 bits per heavy atom. The van der Waals surface area contributed by atoms with Gasteiger partial charge < -0.3 is 10.5 Å². The summed E-state index contributed by atoms with van der Waals surface area (Å²) in [5, 5.41) is 0. The van der Waals surface area contributed by atoms with Crippen molar-refractivity contribution in [1.82, 2.24) is 4.98 Å². The second-order valence-corrected chi connectivity index (χ2v) is 6.25. The number of fused-ring (bicyclic) bond motifs is 1. The molecular formula is C16H19F2N3O3. The van der Waals surface area contributed by atoms with Gasteiger partial charge in [-0.05, 0) is 12.8 Å². The van der Waals surface area contributed by atoms with Crippen LogP contribution in [0.25, 0.3) is 0 Å². The van der Waals surface area contributed by atoms with Crippen molar-refractivity contribution in [2.75, 3.05) is 18.6 Å². The van der Waals surface area contributed by atoms with Crippen molar-refractivity contribution in [2.24, 2.45) is 11.7 Å². The Morgan fingerprint density at radius 1 is 1.42 bits per heavy atom. The van der Waals surface area contributed by atoms with Gasteiger partial charge in [0.2, 0.25) is 5.91 Å². The first-order chi connectivity index (χ1) is 11.4. The van der Waals surface area contributed by atoms with Crippen molar-refractivity contribution >= 4 is 17.6 Å². The van der Waals surface area contributed by atoms with E-state index in [1.807, 2.05) is 0 Å². The molecule has 0 unspecified atom stereocenters. The number of anilines is 1. The summed E-state index contributed by atoms with van der Waals surface area (Å²) in [5.41, 5.74) is 3.32. The highest BCUT2D eigenvalue weighted by atomic mass is 19.2. The van der Waals surface area contributed by atoms with Crippen LogP contribution < -0.4 is 10.6 Å². The molecule has 1 aliphatic carbocycles. The molecule has 1 atom stereocenters. The summed E-state index contributed by atoms with van der Waals surface area (Å²) in [6.07, 6.45) is 4.77. The summed E-state index contributed by atoms with van der Waals surface area (Å²) in [6.45, 7) is -0.457. The number of ether oxygens (including phenoxy) is 1. The van der Waals surface area contributed by atoms with E-state index >= 15 is 0 Å². The molecule has 1 aliphatic heterocycles. The number of primary amides is 1. The van der Waals surface area contributed by atoms with Crippen LogP contribution in [0.1, 0.15) is 37.7 Å². The normalized spacial score (nSPS) is 24.3. The fraction of sp³-hybridized carbons (Fsp3) is 0.562. The highest BCUT2D eigenvalue weighted by molar-refractivity contribution is 6.09. The smallest absolute Gasteiger partial charge is 0.266 e. The summed E-state index contributed by atoms with van der Waals surface area (Å²) >= 11 is 0. The van der Waals surface area contributed by atoms with E-state index in [1.54, 1.807) is 0 Å². The van der Waals surface area contributed by atoms with E-state index in [9.17, 15) is 18.4 Å². The molecule has 6 nitrogen and oxygen atoms in total. The third kappa shape index (κ3) is 2.28. The van der Waals surface area contributed by atoms with Crippen LogP contribution in [-0.2, 0) is 19.9 Å². The van der Waals surface area contributed by atoms with Gasteiger partial charge in [-0.1, -0.05) is 19.3 Å². The van der Waals surface area contributed by atoms with E-state index in [2.05, 4.69) is 4.98 Å². The molecule has 1 aromatic rings. The summed E-state index contributed by atoms with van der Waals surface area (Å²) in [7, 11) is 1.30. The summed E-state index contributed by atoms with van der Waals surface area (Å²) in [4.78, 5) is 29.3. The van der Waals surface area contributed by atoms with E-state index in [0.717, 1.165) is 24.2 Å². The third-order valence-electron chi connectivity index (χ3n) is 4.96. The van der Waals surface area contributed by atoms with Gasteiger partial charge in [-0.2, -0.15) is 0 Å². The molecule has 8 heteroatoms. The van der Waals surface area contributed by atoms with Crippen molar-refractivity contribution in [3.05, 3.63) is 23.4 Å². The minimum absolute atomic E-state index is 0.0925. The van der Waals surface area contributed by atoms with E-state index in [4.69, 9.17) is 10.5 Å². The maximum atomic E-state index is 14.6. The quantitative estimate of drug-likeness (QED) is 0.903. The van der Waals surface area contributed by atoms with Crippen molar-refractivity contribution < 1.29 is 23.1 Å². The first-order valence-electron chi connectivity index (χ1n) is 7.93. The highest BCUT2D eigenvalue weighted by Crippen LogP contribution is 2.51. The van der Waals surface area contributed by atoms with E-state index in [-0.39, 0.29) is 17.3 Å². The van der Waals surface area contributed by atoms with Crippen molar-refractivity contribution in [3.8, 4) is 0 Å². The fourth-order valence-corrected chi connectivity index (χ4v) is 3.94. The number of pyridine rings is 1. The Labute approximate surface area is 138 Å². The Bertz CT molecular complexity index is 691. The van der Waals surface area contributed by atoms with Gasteiger partial charge >= 0.3 is 0 Å². The fourth-order valence-electron chi connectivity index (χ4n) is 3.94. The molecular weight excluding hydrogens is 320 g/mol. The number of hydrogen-bond donors (Lipinski definition) is 1. The molecule has 0 bridgehead atoms. The lowest BCUT2D eigenvalue weighted by Crippen LogP contribution is -2.49. The molecule has 0 radical (unpaired) electrons. The minimum Gasteiger partial charge on any atom is -0.368 e. The molecule has 2 amide bonds. The molecule has 24 heavy (non-hydrogen) atoms.